The lowest BCUT2D eigenvalue weighted by Crippen LogP contribution is -2.32. The number of hydrogen-bond donors (Lipinski definition) is 3. The molecule has 12 heteroatoms. The van der Waals surface area contributed by atoms with Crippen molar-refractivity contribution in [3.05, 3.63) is 76.3 Å². The van der Waals surface area contributed by atoms with Crippen LogP contribution < -0.4 is 30.3 Å². The predicted molar refractivity (Wildman–Crippen MR) is 155 cm³/mol. The van der Waals surface area contributed by atoms with Crippen molar-refractivity contribution in [3.63, 3.8) is 0 Å². The van der Waals surface area contributed by atoms with Crippen LogP contribution in [0.4, 0.5) is 11.4 Å². The maximum Gasteiger partial charge on any atom is 0.329 e. The Hall–Kier alpha value is -4.28. The molecule has 0 aliphatic rings. The average Bonchev–Trinajstić information content (AvgIpc) is 2.94. The molecule has 10 nitrogen and oxygen atoms in total. The summed E-state index contributed by atoms with van der Waals surface area (Å²) in [5.41, 5.74) is 3.59. The van der Waals surface area contributed by atoms with Crippen molar-refractivity contribution in [1.29, 1.82) is 0 Å². The average molecular weight is 587 g/mol. The summed E-state index contributed by atoms with van der Waals surface area (Å²) in [6, 6.07) is 16.3. The van der Waals surface area contributed by atoms with Gasteiger partial charge in [-0.25, -0.2) is 5.43 Å². The molecule has 0 saturated carbocycles. The standard InChI is InChI=1S/C28H28Cl2N4O6/c1-3-4-13-39-22-11-9-21(10-12-22)33-27(36)28(37)34-31-16-18-14-23(30)26(24(15-18)38-2)40-17-25(35)32-20-7-5-19(29)6-8-20/h5-12,14-16H,3-4,13,17H2,1-2H3,(H,32,35)(H,33,36)(H,34,37)/b31-16-. The molecule has 0 bridgehead atoms. The Bertz CT molecular complexity index is 1350. The number of amides is 3. The van der Waals surface area contributed by atoms with Crippen molar-refractivity contribution >= 4 is 58.5 Å². The molecule has 3 N–H and O–H groups in total. The van der Waals surface area contributed by atoms with Gasteiger partial charge in [-0.1, -0.05) is 36.5 Å². The molecule has 3 rings (SSSR count). The number of rotatable bonds is 12. The second kappa shape index (κ2) is 15.3. The summed E-state index contributed by atoms with van der Waals surface area (Å²) in [5.74, 6) is -1.22. The van der Waals surface area contributed by atoms with Gasteiger partial charge in [-0.15, -0.1) is 0 Å². The highest BCUT2D eigenvalue weighted by Crippen LogP contribution is 2.36. The first-order valence-electron chi connectivity index (χ1n) is 12.2. The SMILES string of the molecule is CCCCOc1ccc(NC(=O)C(=O)N/N=C\c2cc(Cl)c(OCC(=O)Nc3ccc(Cl)cc3)c(OC)c2)cc1. The third-order valence-corrected chi connectivity index (χ3v) is 5.72. The van der Waals surface area contributed by atoms with E-state index in [9.17, 15) is 14.4 Å². The molecular formula is C28H28Cl2N4O6. The van der Waals surface area contributed by atoms with E-state index < -0.39 is 17.7 Å². The molecule has 40 heavy (non-hydrogen) atoms. The topological polar surface area (TPSA) is 127 Å². The summed E-state index contributed by atoms with van der Waals surface area (Å²) in [6.45, 7) is 2.35. The van der Waals surface area contributed by atoms with Crippen LogP contribution in [0.2, 0.25) is 10.0 Å². The Morgan fingerprint density at radius 3 is 2.25 bits per heavy atom. The van der Waals surface area contributed by atoms with E-state index in [-0.39, 0.29) is 23.1 Å². The molecule has 0 saturated heterocycles. The molecule has 0 radical (unpaired) electrons. The zero-order valence-electron chi connectivity index (χ0n) is 21.8. The monoisotopic (exact) mass is 586 g/mol. The predicted octanol–water partition coefficient (Wildman–Crippen LogP) is 5.29. The number of hydrogen-bond acceptors (Lipinski definition) is 7. The molecule has 0 fully saturated rings. The highest BCUT2D eigenvalue weighted by Gasteiger charge is 2.15. The van der Waals surface area contributed by atoms with Gasteiger partial charge in [0.05, 0.1) is 25.0 Å². The maximum atomic E-state index is 12.2. The lowest BCUT2D eigenvalue weighted by atomic mass is 10.2. The molecule has 210 valence electrons. The number of methoxy groups -OCH3 is 1. The molecule has 0 atom stereocenters. The number of ether oxygens (including phenoxy) is 3. The molecule has 0 unspecified atom stereocenters. The molecule has 0 heterocycles. The van der Waals surface area contributed by atoms with Gasteiger partial charge in [0.1, 0.15) is 5.75 Å². The Kier molecular flexibility index (Phi) is 11.6. The van der Waals surface area contributed by atoms with E-state index in [4.69, 9.17) is 37.4 Å². The first kappa shape index (κ1) is 30.3. The third kappa shape index (κ3) is 9.48. The summed E-state index contributed by atoms with van der Waals surface area (Å²) >= 11 is 12.2. The van der Waals surface area contributed by atoms with Crippen molar-refractivity contribution in [2.24, 2.45) is 5.10 Å². The van der Waals surface area contributed by atoms with Gasteiger partial charge in [0.15, 0.2) is 18.1 Å². The number of carbonyl (C=O) groups is 3. The van der Waals surface area contributed by atoms with E-state index in [2.05, 4.69) is 28.1 Å². The van der Waals surface area contributed by atoms with Gasteiger partial charge in [-0.05, 0) is 72.6 Å². The first-order chi connectivity index (χ1) is 19.3. The van der Waals surface area contributed by atoms with Gasteiger partial charge in [-0.2, -0.15) is 5.10 Å². The molecule has 0 aliphatic carbocycles. The van der Waals surface area contributed by atoms with E-state index in [0.29, 0.717) is 34.3 Å². The van der Waals surface area contributed by atoms with Gasteiger partial charge in [-0.3, -0.25) is 14.4 Å². The Balaban J connectivity index is 1.52. The van der Waals surface area contributed by atoms with Crippen LogP contribution in [0, 0.1) is 0 Å². The minimum absolute atomic E-state index is 0.145. The Labute approximate surface area is 241 Å². The van der Waals surface area contributed by atoms with Crippen LogP contribution in [0.1, 0.15) is 25.3 Å². The number of hydrazone groups is 1. The summed E-state index contributed by atoms with van der Waals surface area (Å²) in [6.07, 6.45) is 3.25. The van der Waals surface area contributed by atoms with Crippen molar-refractivity contribution in [2.45, 2.75) is 19.8 Å². The molecule has 3 amide bonds. The van der Waals surface area contributed by atoms with Crippen LogP contribution in [0.3, 0.4) is 0 Å². The van der Waals surface area contributed by atoms with Crippen LogP contribution in [0.5, 0.6) is 17.2 Å². The second-order valence-corrected chi connectivity index (χ2v) is 9.10. The molecule has 3 aromatic rings. The zero-order chi connectivity index (χ0) is 28.9. The second-order valence-electron chi connectivity index (χ2n) is 8.26. The van der Waals surface area contributed by atoms with Gasteiger partial charge in [0, 0.05) is 16.4 Å². The fourth-order valence-electron chi connectivity index (χ4n) is 3.20. The quantitative estimate of drug-likeness (QED) is 0.114. The number of unbranched alkanes of at least 4 members (excludes halogenated alkanes) is 1. The van der Waals surface area contributed by atoms with Gasteiger partial charge in [0.2, 0.25) is 0 Å². The third-order valence-electron chi connectivity index (χ3n) is 5.19. The van der Waals surface area contributed by atoms with Crippen LogP contribution >= 0.6 is 23.2 Å². The van der Waals surface area contributed by atoms with E-state index in [1.54, 1.807) is 48.5 Å². The van der Waals surface area contributed by atoms with E-state index >= 15 is 0 Å². The summed E-state index contributed by atoms with van der Waals surface area (Å²) < 4.78 is 16.5. The van der Waals surface area contributed by atoms with Gasteiger partial charge in [0.25, 0.3) is 5.91 Å². The van der Waals surface area contributed by atoms with Crippen LogP contribution in [0.15, 0.2) is 65.8 Å². The minimum Gasteiger partial charge on any atom is -0.494 e. The lowest BCUT2D eigenvalue weighted by molar-refractivity contribution is -0.136. The molecular weight excluding hydrogens is 559 g/mol. The van der Waals surface area contributed by atoms with Crippen LogP contribution in [-0.4, -0.2) is 44.3 Å². The Morgan fingerprint density at radius 2 is 1.57 bits per heavy atom. The van der Waals surface area contributed by atoms with E-state index in [1.165, 1.54) is 25.5 Å². The minimum atomic E-state index is -0.968. The smallest absolute Gasteiger partial charge is 0.329 e. The highest BCUT2D eigenvalue weighted by molar-refractivity contribution is 6.39. The number of nitrogens with one attached hydrogen (secondary N) is 3. The van der Waals surface area contributed by atoms with Crippen LogP contribution in [0.25, 0.3) is 0 Å². The molecule has 0 aliphatic heterocycles. The first-order valence-corrected chi connectivity index (χ1v) is 13.0. The van der Waals surface area contributed by atoms with Gasteiger partial charge >= 0.3 is 11.8 Å². The normalized spacial score (nSPS) is 10.6. The fourth-order valence-corrected chi connectivity index (χ4v) is 3.59. The number of halogens is 2. The van der Waals surface area contributed by atoms with Crippen molar-refractivity contribution in [1.82, 2.24) is 5.43 Å². The number of benzene rings is 3. The molecule has 0 spiro atoms. The largest absolute Gasteiger partial charge is 0.494 e. The summed E-state index contributed by atoms with van der Waals surface area (Å²) in [4.78, 5) is 36.6. The number of carbonyl (C=O) groups excluding carboxylic acids is 3. The summed E-state index contributed by atoms with van der Waals surface area (Å²) in [7, 11) is 1.41. The van der Waals surface area contributed by atoms with Crippen LogP contribution in [-0.2, 0) is 14.4 Å². The molecule has 0 aromatic heterocycles. The van der Waals surface area contributed by atoms with Gasteiger partial charge < -0.3 is 24.8 Å². The Morgan fingerprint density at radius 1 is 0.900 bits per heavy atom. The number of anilines is 2. The summed E-state index contributed by atoms with van der Waals surface area (Å²) in [5, 5.41) is 9.65. The van der Waals surface area contributed by atoms with Crippen molar-refractivity contribution < 1.29 is 28.6 Å². The zero-order valence-corrected chi connectivity index (χ0v) is 23.3. The van der Waals surface area contributed by atoms with Crippen molar-refractivity contribution in [3.8, 4) is 17.2 Å². The molecule has 3 aromatic carbocycles. The van der Waals surface area contributed by atoms with E-state index in [1.807, 2.05) is 0 Å². The lowest BCUT2D eigenvalue weighted by Gasteiger charge is -2.13. The highest BCUT2D eigenvalue weighted by atomic mass is 35.5. The number of nitrogens with zero attached hydrogens (tertiary/aromatic N) is 1. The van der Waals surface area contributed by atoms with Crippen molar-refractivity contribution in [2.75, 3.05) is 31.0 Å². The van der Waals surface area contributed by atoms with E-state index in [0.717, 1.165) is 12.8 Å². The fraction of sp³-hybridized carbons (Fsp3) is 0.214. The maximum absolute atomic E-state index is 12.2.